The standard InChI is InChI=1S/C18H28N2O2/c1-4-22-17-7-5-15(6-8-17)13-18(21)19-16-9-11-20(12-10-16)14(2)3/h5-8,14,16H,4,9-13H2,1-3H3,(H,19,21). The van der Waals surface area contributed by atoms with Gasteiger partial charge in [0.25, 0.3) is 0 Å². The van der Waals surface area contributed by atoms with Gasteiger partial charge in [0.1, 0.15) is 5.75 Å². The van der Waals surface area contributed by atoms with Gasteiger partial charge >= 0.3 is 0 Å². The van der Waals surface area contributed by atoms with Gasteiger partial charge in [0.05, 0.1) is 13.0 Å². The minimum absolute atomic E-state index is 0.118. The molecule has 0 saturated carbocycles. The molecular weight excluding hydrogens is 276 g/mol. The van der Waals surface area contributed by atoms with Gasteiger partial charge in [-0.2, -0.15) is 0 Å². The van der Waals surface area contributed by atoms with Gasteiger partial charge in [0.2, 0.25) is 5.91 Å². The Morgan fingerprint density at radius 1 is 1.27 bits per heavy atom. The van der Waals surface area contributed by atoms with Crippen LogP contribution < -0.4 is 10.1 Å². The highest BCUT2D eigenvalue weighted by atomic mass is 16.5. The summed E-state index contributed by atoms with van der Waals surface area (Å²) in [5.41, 5.74) is 1.03. The molecule has 1 saturated heterocycles. The molecule has 1 aliphatic heterocycles. The van der Waals surface area contributed by atoms with Crippen molar-refractivity contribution in [2.45, 2.75) is 52.1 Å². The minimum atomic E-state index is 0.118. The summed E-state index contributed by atoms with van der Waals surface area (Å²) in [5, 5.41) is 3.17. The van der Waals surface area contributed by atoms with Crippen molar-refractivity contribution in [2.75, 3.05) is 19.7 Å². The first-order valence-corrected chi connectivity index (χ1v) is 8.33. The number of hydrogen-bond donors (Lipinski definition) is 1. The third-order valence-corrected chi connectivity index (χ3v) is 4.22. The molecule has 1 heterocycles. The molecule has 1 N–H and O–H groups in total. The molecule has 1 fully saturated rings. The van der Waals surface area contributed by atoms with Crippen LogP contribution in [0.4, 0.5) is 0 Å². The second kappa shape index (κ2) is 8.18. The second-order valence-corrected chi connectivity index (χ2v) is 6.23. The van der Waals surface area contributed by atoms with Crippen LogP contribution in [0.2, 0.25) is 0 Å². The van der Waals surface area contributed by atoms with E-state index in [1.54, 1.807) is 0 Å². The van der Waals surface area contributed by atoms with Crippen molar-refractivity contribution in [3.05, 3.63) is 29.8 Å². The summed E-state index contributed by atoms with van der Waals surface area (Å²) in [6, 6.07) is 8.70. The molecule has 0 aromatic heterocycles. The molecular formula is C18H28N2O2. The number of amides is 1. The molecule has 0 aliphatic carbocycles. The Bertz CT molecular complexity index is 462. The average Bonchev–Trinajstić information content (AvgIpc) is 2.50. The Hall–Kier alpha value is -1.55. The molecule has 0 atom stereocenters. The Labute approximate surface area is 133 Å². The minimum Gasteiger partial charge on any atom is -0.494 e. The maximum absolute atomic E-state index is 12.2. The van der Waals surface area contributed by atoms with E-state index in [0.717, 1.165) is 37.2 Å². The highest BCUT2D eigenvalue weighted by Crippen LogP contribution is 2.14. The van der Waals surface area contributed by atoms with Crippen molar-refractivity contribution >= 4 is 5.91 Å². The van der Waals surface area contributed by atoms with Crippen LogP contribution in [0, 0.1) is 0 Å². The van der Waals surface area contributed by atoms with Crippen LogP contribution in [0.3, 0.4) is 0 Å². The van der Waals surface area contributed by atoms with Crippen LogP contribution in [0.5, 0.6) is 5.75 Å². The smallest absolute Gasteiger partial charge is 0.224 e. The lowest BCUT2D eigenvalue weighted by Gasteiger charge is -2.34. The number of benzene rings is 1. The quantitative estimate of drug-likeness (QED) is 0.878. The van der Waals surface area contributed by atoms with E-state index in [-0.39, 0.29) is 5.91 Å². The summed E-state index contributed by atoms with van der Waals surface area (Å²) >= 11 is 0. The first-order chi connectivity index (χ1) is 10.6. The lowest BCUT2D eigenvalue weighted by Crippen LogP contribution is -2.46. The number of carbonyl (C=O) groups is 1. The zero-order chi connectivity index (χ0) is 15.9. The zero-order valence-corrected chi connectivity index (χ0v) is 14.0. The number of likely N-dealkylation sites (tertiary alicyclic amines) is 1. The Morgan fingerprint density at radius 3 is 2.45 bits per heavy atom. The van der Waals surface area contributed by atoms with Gasteiger partial charge in [-0.05, 0) is 51.3 Å². The molecule has 4 nitrogen and oxygen atoms in total. The van der Waals surface area contributed by atoms with E-state index >= 15 is 0 Å². The predicted molar refractivity (Wildman–Crippen MR) is 89.2 cm³/mol. The predicted octanol–water partition coefficient (Wildman–Crippen LogP) is 2.62. The second-order valence-electron chi connectivity index (χ2n) is 6.23. The van der Waals surface area contributed by atoms with E-state index in [2.05, 4.69) is 24.1 Å². The summed E-state index contributed by atoms with van der Waals surface area (Å²) in [6.45, 7) is 9.23. The lowest BCUT2D eigenvalue weighted by atomic mass is 10.0. The van der Waals surface area contributed by atoms with E-state index < -0.39 is 0 Å². The number of hydrogen-bond acceptors (Lipinski definition) is 3. The molecule has 1 aliphatic rings. The van der Waals surface area contributed by atoms with Gasteiger partial charge in [-0.25, -0.2) is 0 Å². The highest BCUT2D eigenvalue weighted by Gasteiger charge is 2.21. The highest BCUT2D eigenvalue weighted by molar-refractivity contribution is 5.78. The third kappa shape index (κ3) is 5.02. The van der Waals surface area contributed by atoms with Crippen LogP contribution in [0.25, 0.3) is 0 Å². The Balaban J connectivity index is 1.76. The molecule has 1 aromatic carbocycles. The fourth-order valence-electron chi connectivity index (χ4n) is 2.89. The monoisotopic (exact) mass is 304 g/mol. The van der Waals surface area contributed by atoms with Crippen molar-refractivity contribution in [3.63, 3.8) is 0 Å². The fourth-order valence-corrected chi connectivity index (χ4v) is 2.89. The normalized spacial score (nSPS) is 16.7. The van der Waals surface area contributed by atoms with Gasteiger partial charge in [0, 0.05) is 25.2 Å². The van der Waals surface area contributed by atoms with Crippen LogP contribution in [0.15, 0.2) is 24.3 Å². The van der Waals surface area contributed by atoms with Gasteiger partial charge in [-0.15, -0.1) is 0 Å². The maximum Gasteiger partial charge on any atom is 0.224 e. The molecule has 0 unspecified atom stereocenters. The molecule has 0 radical (unpaired) electrons. The van der Waals surface area contributed by atoms with Crippen molar-refractivity contribution in [3.8, 4) is 5.75 Å². The van der Waals surface area contributed by atoms with Crippen molar-refractivity contribution in [1.82, 2.24) is 10.2 Å². The Morgan fingerprint density at radius 2 is 1.91 bits per heavy atom. The van der Waals surface area contributed by atoms with E-state index in [4.69, 9.17) is 4.74 Å². The maximum atomic E-state index is 12.2. The summed E-state index contributed by atoms with van der Waals surface area (Å²) in [6.07, 6.45) is 2.54. The van der Waals surface area contributed by atoms with Crippen LogP contribution in [-0.4, -0.2) is 42.6 Å². The summed E-state index contributed by atoms with van der Waals surface area (Å²) < 4.78 is 5.41. The molecule has 0 bridgehead atoms. The number of carbonyl (C=O) groups excluding carboxylic acids is 1. The van der Waals surface area contributed by atoms with Crippen molar-refractivity contribution < 1.29 is 9.53 Å². The van der Waals surface area contributed by atoms with E-state index in [1.807, 2.05) is 31.2 Å². The molecule has 0 spiro atoms. The van der Waals surface area contributed by atoms with Crippen LogP contribution in [-0.2, 0) is 11.2 Å². The fraction of sp³-hybridized carbons (Fsp3) is 0.611. The molecule has 4 heteroatoms. The van der Waals surface area contributed by atoms with Crippen molar-refractivity contribution in [1.29, 1.82) is 0 Å². The first-order valence-electron chi connectivity index (χ1n) is 8.33. The van der Waals surface area contributed by atoms with E-state index in [0.29, 0.717) is 25.1 Å². The zero-order valence-electron chi connectivity index (χ0n) is 14.0. The van der Waals surface area contributed by atoms with Gasteiger partial charge in [-0.1, -0.05) is 12.1 Å². The first kappa shape index (κ1) is 16.8. The van der Waals surface area contributed by atoms with Gasteiger partial charge in [0.15, 0.2) is 0 Å². The molecule has 122 valence electrons. The summed E-state index contributed by atoms with van der Waals surface area (Å²) in [5.74, 6) is 0.972. The number of nitrogens with one attached hydrogen (secondary N) is 1. The largest absolute Gasteiger partial charge is 0.494 e. The number of ether oxygens (including phenoxy) is 1. The van der Waals surface area contributed by atoms with E-state index in [1.165, 1.54) is 0 Å². The lowest BCUT2D eigenvalue weighted by molar-refractivity contribution is -0.121. The third-order valence-electron chi connectivity index (χ3n) is 4.22. The van der Waals surface area contributed by atoms with Gasteiger partial charge in [-0.3, -0.25) is 4.79 Å². The Kier molecular flexibility index (Phi) is 6.25. The number of rotatable bonds is 6. The van der Waals surface area contributed by atoms with Crippen molar-refractivity contribution in [2.24, 2.45) is 0 Å². The summed E-state index contributed by atoms with van der Waals surface area (Å²) in [7, 11) is 0. The number of nitrogens with zero attached hydrogens (tertiary/aromatic N) is 1. The average molecular weight is 304 g/mol. The molecule has 2 rings (SSSR count). The SMILES string of the molecule is CCOc1ccc(CC(=O)NC2CCN(C(C)C)CC2)cc1. The molecule has 22 heavy (non-hydrogen) atoms. The van der Waals surface area contributed by atoms with Crippen LogP contribution in [0.1, 0.15) is 39.2 Å². The number of piperidine rings is 1. The summed E-state index contributed by atoms with van der Waals surface area (Å²) in [4.78, 5) is 14.6. The van der Waals surface area contributed by atoms with E-state index in [9.17, 15) is 4.79 Å². The molecule has 1 amide bonds. The van der Waals surface area contributed by atoms with Gasteiger partial charge < -0.3 is 15.0 Å². The van der Waals surface area contributed by atoms with Crippen LogP contribution >= 0.6 is 0 Å². The molecule has 1 aromatic rings. The topological polar surface area (TPSA) is 41.6 Å².